The van der Waals surface area contributed by atoms with Gasteiger partial charge in [0.25, 0.3) is 0 Å². The van der Waals surface area contributed by atoms with Gasteiger partial charge in [-0.3, -0.25) is 9.59 Å². The minimum atomic E-state index is -0.522. The highest BCUT2D eigenvalue weighted by Gasteiger charge is 2.10. The summed E-state index contributed by atoms with van der Waals surface area (Å²) in [6, 6.07) is 12.5. The van der Waals surface area contributed by atoms with Gasteiger partial charge < -0.3 is 14.8 Å². The lowest BCUT2D eigenvalue weighted by Gasteiger charge is -2.10. The molecule has 0 bridgehead atoms. The number of ether oxygens (including phenoxy) is 2. The molecule has 7 heteroatoms. The topological polar surface area (TPSA) is 89.0 Å². The third-order valence-corrected chi connectivity index (χ3v) is 3.72. The van der Waals surface area contributed by atoms with Crippen LogP contribution in [0, 0.1) is 19.3 Å². The van der Waals surface area contributed by atoms with Gasteiger partial charge in [0.15, 0.2) is 11.5 Å². The van der Waals surface area contributed by atoms with Crippen molar-refractivity contribution in [2.24, 2.45) is 5.10 Å². The van der Waals surface area contributed by atoms with Crippen molar-refractivity contribution in [3.8, 4) is 23.8 Å². The summed E-state index contributed by atoms with van der Waals surface area (Å²) < 4.78 is 10.9. The number of benzene rings is 2. The van der Waals surface area contributed by atoms with E-state index >= 15 is 0 Å². The zero-order chi connectivity index (χ0) is 21.1. The first-order valence-electron chi connectivity index (χ1n) is 9.04. The van der Waals surface area contributed by atoms with E-state index in [4.69, 9.17) is 15.9 Å². The van der Waals surface area contributed by atoms with Gasteiger partial charge in [0.2, 0.25) is 11.8 Å². The summed E-state index contributed by atoms with van der Waals surface area (Å²) in [4.78, 5) is 23.9. The molecule has 2 N–H and O–H groups in total. The van der Waals surface area contributed by atoms with Crippen LogP contribution in [0.1, 0.15) is 24.5 Å². The molecule has 0 saturated carbocycles. The Morgan fingerprint density at radius 3 is 2.66 bits per heavy atom. The van der Waals surface area contributed by atoms with Crippen molar-refractivity contribution in [1.82, 2.24) is 5.43 Å². The van der Waals surface area contributed by atoms with Crippen LogP contribution >= 0.6 is 0 Å². The molecule has 2 aromatic carbocycles. The summed E-state index contributed by atoms with van der Waals surface area (Å²) in [6.07, 6.45) is 6.31. The Bertz CT molecular complexity index is 932. The summed E-state index contributed by atoms with van der Waals surface area (Å²) in [7, 11) is 0. The number of carbonyl (C=O) groups excluding carboxylic acids is 2. The van der Waals surface area contributed by atoms with Gasteiger partial charge >= 0.3 is 0 Å². The predicted molar refractivity (Wildman–Crippen MR) is 112 cm³/mol. The number of anilines is 1. The average molecular weight is 393 g/mol. The lowest BCUT2D eigenvalue weighted by molar-refractivity contribution is -0.126. The molecule has 0 aromatic heterocycles. The Morgan fingerprint density at radius 2 is 1.93 bits per heavy atom. The molecule has 0 fully saturated rings. The summed E-state index contributed by atoms with van der Waals surface area (Å²) in [5.74, 6) is 2.51. The Balaban J connectivity index is 1.90. The van der Waals surface area contributed by atoms with E-state index in [1.807, 2.05) is 32.0 Å². The molecule has 150 valence electrons. The van der Waals surface area contributed by atoms with Gasteiger partial charge in [-0.15, -0.1) is 6.42 Å². The van der Waals surface area contributed by atoms with Gasteiger partial charge in [-0.05, 0) is 49.2 Å². The number of amides is 2. The fourth-order valence-corrected chi connectivity index (χ4v) is 2.38. The van der Waals surface area contributed by atoms with Gasteiger partial charge in [0.1, 0.15) is 13.0 Å². The Hall–Kier alpha value is -3.79. The van der Waals surface area contributed by atoms with Crippen LogP contribution in [-0.2, 0) is 9.59 Å². The fraction of sp³-hybridized carbons (Fsp3) is 0.227. The van der Waals surface area contributed by atoms with E-state index in [0.717, 1.165) is 5.56 Å². The first-order chi connectivity index (χ1) is 14.0. The lowest BCUT2D eigenvalue weighted by Crippen LogP contribution is -2.24. The van der Waals surface area contributed by atoms with Gasteiger partial charge in [-0.2, -0.15) is 5.10 Å². The molecule has 0 radical (unpaired) electrons. The molecule has 0 aliphatic heterocycles. The number of carbonyl (C=O) groups is 2. The third kappa shape index (κ3) is 7.03. The zero-order valence-corrected chi connectivity index (χ0v) is 16.4. The second kappa shape index (κ2) is 11.1. The molecule has 0 unspecified atom stereocenters. The minimum absolute atomic E-state index is 0.133. The summed E-state index contributed by atoms with van der Waals surface area (Å²) >= 11 is 0. The highest BCUT2D eigenvalue weighted by molar-refractivity contribution is 6.04. The molecule has 0 saturated heterocycles. The molecule has 2 aromatic rings. The van der Waals surface area contributed by atoms with Crippen molar-refractivity contribution in [3.05, 3.63) is 53.6 Å². The zero-order valence-electron chi connectivity index (χ0n) is 16.4. The summed E-state index contributed by atoms with van der Waals surface area (Å²) in [5, 5.41) is 6.58. The third-order valence-electron chi connectivity index (χ3n) is 3.72. The SMILES string of the molecule is C#CCOc1ccc(C=NNC(=O)CC(=O)Nc2ccccc2C)cc1OCC. The quantitative estimate of drug-likeness (QED) is 0.297. The number of terminal acetylenes is 1. The van der Waals surface area contributed by atoms with Crippen LogP contribution in [0.3, 0.4) is 0 Å². The highest BCUT2D eigenvalue weighted by atomic mass is 16.5. The molecule has 0 heterocycles. The number of hydrazone groups is 1. The van der Waals surface area contributed by atoms with Gasteiger partial charge in [-0.1, -0.05) is 24.1 Å². The van der Waals surface area contributed by atoms with Crippen LogP contribution in [0.5, 0.6) is 11.5 Å². The average Bonchev–Trinajstić information content (AvgIpc) is 2.69. The monoisotopic (exact) mass is 393 g/mol. The minimum Gasteiger partial charge on any atom is -0.490 e. The van der Waals surface area contributed by atoms with Crippen LogP contribution < -0.4 is 20.2 Å². The van der Waals surface area contributed by atoms with Gasteiger partial charge in [-0.25, -0.2) is 5.43 Å². The number of nitrogens with one attached hydrogen (secondary N) is 2. The van der Waals surface area contributed by atoms with Crippen molar-refractivity contribution in [3.63, 3.8) is 0 Å². The van der Waals surface area contributed by atoms with Crippen LogP contribution in [0.25, 0.3) is 0 Å². The van der Waals surface area contributed by atoms with Gasteiger partial charge in [0, 0.05) is 5.69 Å². The highest BCUT2D eigenvalue weighted by Crippen LogP contribution is 2.27. The van der Waals surface area contributed by atoms with Crippen LogP contribution in [0.2, 0.25) is 0 Å². The molecule has 0 spiro atoms. The molecule has 2 rings (SSSR count). The summed E-state index contributed by atoms with van der Waals surface area (Å²) in [5.41, 5.74) is 4.61. The standard InChI is InChI=1S/C22H23N3O4/c1-4-12-29-19-11-10-17(13-20(19)28-5-2)15-23-25-22(27)14-21(26)24-18-9-7-6-8-16(18)3/h1,6-11,13,15H,5,12,14H2,2-3H3,(H,24,26)(H,25,27). The maximum atomic E-state index is 12.0. The van der Waals surface area contributed by atoms with Crippen molar-refractivity contribution in [2.45, 2.75) is 20.3 Å². The molecule has 0 aliphatic rings. The summed E-state index contributed by atoms with van der Waals surface area (Å²) in [6.45, 7) is 4.32. The molecule has 29 heavy (non-hydrogen) atoms. The van der Waals surface area contributed by atoms with E-state index in [0.29, 0.717) is 29.4 Å². The smallest absolute Gasteiger partial charge is 0.249 e. The van der Waals surface area contributed by atoms with E-state index in [1.165, 1.54) is 6.21 Å². The lowest BCUT2D eigenvalue weighted by atomic mass is 10.2. The second-order valence-corrected chi connectivity index (χ2v) is 5.97. The Labute approximate surface area is 170 Å². The number of hydrogen-bond acceptors (Lipinski definition) is 5. The maximum Gasteiger partial charge on any atom is 0.249 e. The van der Waals surface area contributed by atoms with E-state index in [2.05, 4.69) is 21.8 Å². The van der Waals surface area contributed by atoms with E-state index in [-0.39, 0.29) is 13.0 Å². The van der Waals surface area contributed by atoms with E-state index < -0.39 is 11.8 Å². The molecule has 2 amide bonds. The molecular formula is C22H23N3O4. The van der Waals surface area contributed by atoms with Crippen LogP contribution in [0.15, 0.2) is 47.6 Å². The van der Waals surface area contributed by atoms with Gasteiger partial charge in [0.05, 0.1) is 12.8 Å². The van der Waals surface area contributed by atoms with Crippen molar-refractivity contribution in [1.29, 1.82) is 0 Å². The number of hydrogen-bond donors (Lipinski definition) is 2. The van der Waals surface area contributed by atoms with Crippen LogP contribution in [-0.4, -0.2) is 31.2 Å². The van der Waals surface area contributed by atoms with Crippen molar-refractivity contribution in [2.75, 3.05) is 18.5 Å². The molecular weight excluding hydrogens is 370 g/mol. The maximum absolute atomic E-state index is 12.0. The predicted octanol–water partition coefficient (Wildman–Crippen LogP) is 2.88. The van der Waals surface area contributed by atoms with Crippen molar-refractivity contribution < 1.29 is 19.1 Å². The van der Waals surface area contributed by atoms with Crippen molar-refractivity contribution >= 4 is 23.7 Å². The van der Waals surface area contributed by atoms with E-state index in [9.17, 15) is 9.59 Å². The second-order valence-electron chi connectivity index (χ2n) is 5.97. The molecule has 0 atom stereocenters. The molecule has 0 aliphatic carbocycles. The Kier molecular flexibility index (Phi) is 8.27. The van der Waals surface area contributed by atoms with E-state index in [1.54, 1.807) is 24.3 Å². The number of para-hydroxylation sites is 1. The first kappa shape index (κ1) is 21.5. The first-order valence-corrected chi connectivity index (χ1v) is 9.04. The number of nitrogens with zero attached hydrogens (tertiary/aromatic N) is 1. The number of aryl methyl sites for hydroxylation is 1. The largest absolute Gasteiger partial charge is 0.490 e. The molecule has 7 nitrogen and oxygen atoms in total. The van der Waals surface area contributed by atoms with Crippen LogP contribution in [0.4, 0.5) is 5.69 Å². The number of rotatable bonds is 9. The fourth-order valence-electron chi connectivity index (χ4n) is 2.38. The Morgan fingerprint density at radius 1 is 1.14 bits per heavy atom. The normalized spacial score (nSPS) is 10.2.